The van der Waals surface area contributed by atoms with Crippen LogP contribution >= 0.6 is 0 Å². The molecule has 134 valence electrons. The maximum absolute atomic E-state index is 13.0. The van der Waals surface area contributed by atoms with Gasteiger partial charge < -0.3 is 14.4 Å². The van der Waals surface area contributed by atoms with E-state index in [1.54, 1.807) is 0 Å². The van der Waals surface area contributed by atoms with Crippen molar-refractivity contribution in [2.75, 3.05) is 26.7 Å². The third kappa shape index (κ3) is 3.20. The van der Waals surface area contributed by atoms with Crippen molar-refractivity contribution in [2.24, 2.45) is 13.0 Å². The number of benzene rings is 1. The van der Waals surface area contributed by atoms with Crippen LogP contribution in [0.2, 0.25) is 0 Å². The Bertz CT molecular complexity index is 764. The molecule has 25 heavy (non-hydrogen) atoms. The number of carbonyl (C=O) groups excluding carboxylic acids is 1. The fraction of sp³-hybridized carbons (Fsp3) is 0.571. The molecular formula is C21H29N3O. The molecule has 2 saturated heterocycles. The van der Waals surface area contributed by atoms with Crippen molar-refractivity contribution < 1.29 is 4.79 Å². The summed E-state index contributed by atoms with van der Waals surface area (Å²) in [5.41, 5.74) is 1.92. The zero-order valence-electron chi connectivity index (χ0n) is 15.4. The standard InChI is InChI=1S/C21H29N3O/c1-22-13-10-16-8-9-17(14-20(16)22)21(25)23(2)15-18-6-5-12-24-11-4-3-7-19(18)24/h8-10,13-14,18-19H,3-7,11-12,15H2,1-2H3. The Labute approximate surface area is 150 Å². The summed E-state index contributed by atoms with van der Waals surface area (Å²) in [6.45, 7) is 3.39. The lowest BCUT2D eigenvalue weighted by Gasteiger charge is -2.45. The Hall–Kier alpha value is -1.81. The molecular weight excluding hydrogens is 310 g/mol. The average Bonchev–Trinajstić information content (AvgIpc) is 3.02. The largest absolute Gasteiger partial charge is 0.351 e. The summed E-state index contributed by atoms with van der Waals surface area (Å²) in [6.07, 6.45) is 8.58. The zero-order valence-corrected chi connectivity index (χ0v) is 15.4. The first-order chi connectivity index (χ1) is 12.1. The number of rotatable bonds is 3. The van der Waals surface area contributed by atoms with Crippen molar-refractivity contribution in [3.63, 3.8) is 0 Å². The summed E-state index contributed by atoms with van der Waals surface area (Å²) < 4.78 is 2.08. The van der Waals surface area contributed by atoms with E-state index in [0.717, 1.165) is 17.6 Å². The van der Waals surface area contributed by atoms with Crippen molar-refractivity contribution in [3.8, 4) is 0 Å². The molecule has 0 spiro atoms. The van der Waals surface area contributed by atoms with Gasteiger partial charge in [0.05, 0.1) is 0 Å². The number of aryl methyl sites for hydroxylation is 1. The lowest BCUT2D eigenvalue weighted by molar-refractivity contribution is 0.0403. The van der Waals surface area contributed by atoms with Gasteiger partial charge in [0.2, 0.25) is 0 Å². The Morgan fingerprint density at radius 3 is 2.88 bits per heavy atom. The molecule has 0 bridgehead atoms. The van der Waals surface area contributed by atoms with Crippen LogP contribution in [0.5, 0.6) is 0 Å². The predicted molar refractivity (Wildman–Crippen MR) is 102 cm³/mol. The maximum Gasteiger partial charge on any atom is 0.253 e. The SMILES string of the molecule is CN(CC1CCCN2CCCCC12)C(=O)c1ccc2ccn(C)c2c1. The molecule has 0 radical (unpaired) electrons. The van der Waals surface area contributed by atoms with E-state index in [4.69, 9.17) is 0 Å². The van der Waals surface area contributed by atoms with E-state index in [-0.39, 0.29) is 5.91 Å². The summed E-state index contributed by atoms with van der Waals surface area (Å²) in [7, 11) is 4.00. The minimum Gasteiger partial charge on any atom is -0.351 e. The quantitative estimate of drug-likeness (QED) is 0.856. The van der Waals surface area contributed by atoms with Crippen molar-refractivity contribution in [1.29, 1.82) is 0 Å². The molecule has 2 atom stereocenters. The third-order valence-electron chi connectivity index (χ3n) is 6.22. The molecule has 2 fully saturated rings. The summed E-state index contributed by atoms with van der Waals surface area (Å²) in [6, 6.07) is 8.83. The molecule has 2 unspecified atom stereocenters. The molecule has 0 saturated carbocycles. The molecule has 1 aromatic carbocycles. The van der Waals surface area contributed by atoms with Gasteiger partial charge in [0.1, 0.15) is 0 Å². The number of carbonyl (C=O) groups is 1. The molecule has 2 aromatic rings. The van der Waals surface area contributed by atoms with Gasteiger partial charge in [-0.2, -0.15) is 0 Å². The summed E-state index contributed by atoms with van der Waals surface area (Å²) in [5.74, 6) is 0.776. The Morgan fingerprint density at radius 1 is 1.16 bits per heavy atom. The van der Waals surface area contributed by atoms with E-state index in [1.165, 1.54) is 50.6 Å². The Kier molecular flexibility index (Phi) is 4.55. The van der Waals surface area contributed by atoms with Gasteiger partial charge in [0.15, 0.2) is 0 Å². The highest BCUT2D eigenvalue weighted by Gasteiger charge is 2.34. The Morgan fingerprint density at radius 2 is 2.00 bits per heavy atom. The lowest BCUT2D eigenvalue weighted by atomic mass is 9.83. The summed E-state index contributed by atoms with van der Waals surface area (Å²) in [5, 5.41) is 1.19. The van der Waals surface area contributed by atoms with Crippen molar-refractivity contribution in [3.05, 3.63) is 36.0 Å². The molecule has 2 aliphatic heterocycles. The normalized spacial score (nSPS) is 24.2. The molecule has 2 aliphatic rings. The van der Waals surface area contributed by atoms with Crippen molar-refractivity contribution in [2.45, 2.75) is 38.1 Å². The number of nitrogens with zero attached hydrogens (tertiary/aromatic N) is 3. The van der Waals surface area contributed by atoms with Crippen LogP contribution in [0.1, 0.15) is 42.5 Å². The van der Waals surface area contributed by atoms with Gasteiger partial charge >= 0.3 is 0 Å². The fourth-order valence-electron chi connectivity index (χ4n) is 4.84. The maximum atomic E-state index is 13.0. The molecule has 4 rings (SSSR count). The average molecular weight is 339 g/mol. The Balaban J connectivity index is 1.48. The number of piperidine rings is 2. The van der Waals surface area contributed by atoms with Gasteiger partial charge in [0.25, 0.3) is 5.91 Å². The smallest absolute Gasteiger partial charge is 0.253 e. The second-order valence-electron chi connectivity index (χ2n) is 7.89. The molecule has 1 amide bonds. The number of hydrogen-bond acceptors (Lipinski definition) is 2. The minimum atomic E-state index is 0.149. The van der Waals surface area contributed by atoms with Gasteiger partial charge in [-0.25, -0.2) is 0 Å². The third-order valence-corrected chi connectivity index (χ3v) is 6.22. The monoisotopic (exact) mass is 339 g/mol. The second kappa shape index (κ2) is 6.83. The molecule has 3 heterocycles. The first kappa shape index (κ1) is 16.6. The molecule has 0 N–H and O–H groups in total. The highest BCUT2D eigenvalue weighted by atomic mass is 16.2. The topological polar surface area (TPSA) is 28.5 Å². The van der Waals surface area contributed by atoms with Crippen LogP contribution in [0.3, 0.4) is 0 Å². The molecule has 0 aliphatic carbocycles. The van der Waals surface area contributed by atoms with Gasteiger partial charge in [-0.3, -0.25) is 4.79 Å². The van der Waals surface area contributed by atoms with E-state index in [0.29, 0.717) is 12.0 Å². The molecule has 1 aromatic heterocycles. The summed E-state index contributed by atoms with van der Waals surface area (Å²) >= 11 is 0. The van der Waals surface area contributed by atoms with Crippen LogP contribution in [0.4, 0.5) is 0 Å². The van der Waals surface area contributed by atoms with Crippen LogP contribution in [0.15, 0.2) is 30.5 Å². The van der Waals surface area contributed by atoms with Crippen molar-refractivity contribution >= 4 is 16.8 Å². The van der Waals surface area contributed by atoms with Gasteiger partial charge in [-0.05, 0) is 68.3 Å². The number of amides is 1. The first-order valence-electron chi connectivity index (χ1n) is 9.68. The predicted octanol–water partition coefficient (Wildman–Crippen LogP) is 3.51. The van der Waals surface area contributed by atoms with E-state index >= 15 is 0 Å². The molecule has 4 heteroatoms. The van der Waals surface area contributed by atoms with Gasteiger partial charge in [-0.15, -0.1) is 0 Å². The highest BCUT2D eigenvalue weighted by Crippen LogP contribution is 2.31. The second-order valence-corrected chi connectivity index (χ2v) is 7.89. The van der Waals surface area contributed by atoms with Crippen LogP contribution in [0.25, 0.3) is 10.9 Å². The van der Waals surface area contributed by atoms with E-state index in [1.807, 2.05) is 37.3 Å². The zero-order chi connectivity index (χ0) is 17.4. The van der Waals surface area contributed by atoms with Crippen LogP contribution in [-0.4, -0.2) is 53.0 Å². The van der Waals surface area contributed by atoms with E-state index in [2.05, 4.69) is 21.6 Å². The van der Waals surface area contributed by atoms with E-state index in [9.17, 15) is 4.79 Å². The van der Waals surface area contributed by atoms with Crippen LogP contribution in [0, 0.1) is 5.92 Å². The highest BCUT2D eigenvalue weighted by molar-refractivity contribution is 5.97. The van der Waals surface area contributed by atoms with Crippen LogP contribution < -0.4 is 0 Å². The molecule has 4 nitrogen and oxygen atoms in total. The number of fused-ring (bicyclic) bond motifs is 2. The number of hydrogen-bond donors (Lipinski definition) is 0. The number of aromatic nitrogens is 1. The van der Waals surface area contributed by atoms with Gasteiger partial charge in [-0.1, -0.05) is 12.5 Å². The lowest BCUT2D eigenvalue weighted by Crippen LogP contribution is -2.51. The van der Waals surface area contributed by atoms with Crippen molar-refractivity contribution in [1.82, 2.24) is 14.4 Å². The minimum absolute atomic E-state index is 0.149. The summed E-state index contributed by atoms with van der Waals surface area (Å²) in [4.78, 5) is 17.6. The fourth-order valence-corrected chi connectivity index (χ4v) is 4.84. The van der Waals surface area contributed by atoms with Crippen LogP contribution in [-0.2, 0) is 7.05 Å². The van der Waals surface area contributed by atoms with E-state index < -0.39 is 0 Å². The first-order valence-corrected chi connectivity index (χ1v) is 9.68. The van der Waals surface area contributed by atoms with Gasteiger partial charge in [0, 0.05) is 44.0 Å².